The summed E-state index contributed by atoms with van der Waals surface area (Å²) in [5.74, 6) is -1.07. The Hall–Kier alpha value is -1.42. The number of carbonyl (C=O) groups excluding carboxylic acids is 1. The fraction of sp³-hybridized carbons (Fsp3) is 0.875. The number of hydrogen-bond acceptors (Lipinski definition) is 7. The lowest BCUT2D eigenvalue weighted by Gasteiger charge is -2.40. The van der Waals surface area contributed by atoms with Crippen molar-refractivity contribution in [1.82, 2.24) is 5.32 Å². The Morgan fingerprint density at radius 3 is 2.72 bits per heavy atom. The van der Waals surface area contributed by atoms with Crippen LogP contribution in [0.1, 0.15) is 1.37 Å². The standard InChI is InChI=1S/C8H14N4O6/c9-12-10-1-4(14)11-5-7(16)6(15)3(2-13)18-8(5)17/h3,5-8,13,15-17H,1-2H2,(H,11,14)/t3-,5-,6+,7-,8?/m1/s1/i1D/t1?,3-,5-,6+,7-,8?. The topological polar surface area (TPSA) is 168 Å². The fourth-order valence-corrected chi connectivity index (χ4v) is 1.53. The second-order valence-electron chi connectivity index (χ2n) is 3.60. The molecule has 1 saturated heterocycles. The van der Waals surface area contributed by atoms with Crippen molar-refractivity contribution < 1.29 is 31.3 Å². The minimum absolute atomic E-state index is 0.629. The second-order valence-corrected chi connectivity index (χ2v) is 3.60. The van der Waals surface area contributed by atoms with Gasteiger partial charge >= 0.3 is 0 Å². The first-order valence-corrected chi connectivity index (χ1v) is 4.99. The normalized spacial score (nSPS) is 38.2. The van der Waals surface area contributed by atoms with Gasteiger partial charge in [-0.15, -0.1) is 0 Å². The number of rotatable bonds is 4. The van der Waals surface area contributed by atoms with Crippen LogP contribution in [0.25, 0.3) is 10.4 Å². The summed E-state index contributed by atoms with van der Waals surface area (Å²) < 4.78 is 11.9. The van der Waals surface area contributed by atoms with Crippen molar-refractivity contribution in [2.24, 2.45) is 5.11 Å². The van der Waals surface area contributed by atoms with Crippen LogP contribution in [0.2, 0.25) is 0 Å². The Labute approximate surface area is 103 Å². The smallest absolute Gasteiger partial charge is 0.226 e. The van der Waals surface area contributed by atoms with Gasteiger partial charge in [0, 0.05) is 6.28 Å². The first-order valence-electron chi connectivity index (χ1n) is 5.57. The summed E-state index contributed by atoms with van der Waals surface area (Å²) in [4.78, 5) is 13.6. The van der Waals surface area contributed by atoms with Crippen molar-refractivity contribution in [2.45, 2.75) is 30.6 Å². The molecule has 2 unspecified atom stereocenters. The van der Waals surface area contributed by atoms with Crippen LogP contribution in [-0.2, 0) is 9.53 Å². The van der Waals surface area contributed by atoms with Crippen LogP contribution in [0.4, 0.5) is 0 Å². The van der Waals surface area contributed by atoms with Crippen LogP contribution < -0.4 is 5.32 Å². The van der Waals surface area contributed by atoms with Gasteiger partial charge in [0.15, 0.2) is 6.29 Å². The van der Waals surface area contributed by atoms with Gasteiger partial charge in [0.2, 0.25) is 5.91 Å². The van der Waals surface area contributed by atoms with E-state index in [9.17, 15) is 20.1 Å². The molecule has 0 spiro atoms. The third-order valence-electron chi connectivity index (χ3n) is 2.44. The van der Waals surface area contributed by atoms with E-state index in [2.05, 4.69) is 10.0 Å². The predicted octanol–water partition coefficient (Wildman–Crippen LogP) is -2.79. The Bertz CT molecular complexity index is 378. The number of hydrogen-bond donors (Lipinski definition) is 5. The minimum atomic E-state index is -1.79. The molecule has 0 radical (unpaired) electrons. The summed E-state index contributed by atoms with van der Waals surface area (Å²) in [5.41, 5.74) is 8.07. The van der Waals surface area contributed by atoms with Gasteiger partial charge in [-0.1, -0.05) is 5.11 Å². The number of amides is 1. The quantitative estimate of drug-likeness (QED) is 0.209. The molecule has 0 aromatic heterocycles. The van der Waals surface area contributed by atoms with Crippen molar-refractivity contribution in [2.75, 3.05) is 13.1 Å². The highest BCUT2D eigenvalue weighted by atomic mass is 16.6. The van der Waals surface area contributed by atoms with Crippen LogP contribution >= 0.6 is 0 Å². The number of ether oxygens (including phenoxy) is 1. The Morgan fingerprint density at radius 2 is 2.17 bits per heavy atom. The zero-order valence-corrected chi connectivity index (χ0v) is 9.12. The molecule has 18 heavy (non-hydrogen) atoms. The summed E-state index contributed by atoms with van der Waals surface area (Å²) in [6.07, 6.45) is -6.01. The fourth-order valence-electron chi connectivity index (χ4n) is 1.53. The number of aliphatic hydroxyl groups excluding tert-OH is 4. The monoisotopic (exact) mass is 263 g/mol. The van der Waals surface area contributed by atoms with Gasteiger partial charge in [0.05, 0.1) is 6.61 Å². The molecule has 1 aliphatic heterocycles. The molecule has 0 aromatic carbocycles. The average molecular weight is 263 g/mol. The summed E-state index contributed by atoms with van der Waals surface area (Å²) in [5, 5.41) is 42.5. The number of azide groups is 1. The lowest BCUT2D eigenvalue weighted by Crippen LogP contribution is -2.64. The predicted molar refractivity (Wildman–Crippen MR) is 55.9 cm³/mol. The largest absolute Gasteiger partial charge is 0.394 e. The van der Waals surface area contributed by atoms with E-state index in [0.717, 1.165) is 0 Å². The van der Waals surface area contributed by atoms with E-state index in [0.29, 0.717) is 0 Å². The molecule has 10 heteroatoms. The molecular weight excluding hydrogens is 248 g/mol. The molecule has 1 heterocycles. The third kappa shape index (κ3) is 3.29. The number of carbonyl (C=O) groups is 1. The highest BCUT2D eigenvalue weighted by molar-refractivity contribution is 5.78. The maximum absolute atomic E-state index is 11.4. The van der Waals surface area contributed by atoms with Crippen LogP contribution in [-0.4, -0.2) is 70.1 Å². The lowest BCUT2D eigenvalue weighted by molar-refractivity contribution is -0.253. The van der Waals surface area contributed by atoms with Crippen molar-refractivity contribution in [3.8, 4) is 0 Å². The van der Waals surface area contributed by atoms with E-state index in [1.54, 1.807) is 0 Å². The first-order chi connectivity index (χ1) is 8.92. The van der Waals surface area contributed by atoms with Crippen LogP contribution in [0.15, 0.2) is 5.11 Å². The van der Waals surface area contributed by atoms with E-state index in [1.165, 1.54) is 0 Å². The van der Waals surface area contributed by atoms with Gasteiger partial charge in [-0.3, -0.25) is 4.79 Å². The summed E-state index contributed by atoms with van der Waals surface area (Å²) >= 11 is 0. The molecule has 1 rings (SSSR count). The molecule has 10 nitrogen and oxygen atoms in total. The summed E-state index contributed by atoms with van der Waals surface area (Å²) in [7, 11) is 0. The van der Waals surface area contributed by atoms with Gasteiger partial charge in [-0.05, 0) is 5.53 Å². The zero-order valence-electron chi connectivity index (χ0n) is 10.1. The first kappa shape index (κ1) is 13.0. The maximum atomic E-state index is 11.4. The van der Waals surface area contributed by atoms with Gasteiger partial charge in [-0.25, -0.2) is 0 Å². The molecule has 0 aliphatic carbocycles. The van der Waals surface area contributed by atoms with Crippen LogP contribution in [0.5, 0.6) is 0 Å². The Balaban J connectivity index is 2.72. The van der Waals surface area contributed by atoms with Crippen LogP contribution in [0, 0.1) is 0 Å². The molecule has 6 atom stereocenters. The highest BCUT2D eigenvalue weighted by Crippen LogP contribution is 2.19. The van der Waals surface area contributed by atoms with Crippen molar-refractivity contribution in [3.05, 3.63) is 10.4 Å². The zero-order chi connectivity index (χ0) is 14.6. The molecule has 102 valence electrons. The molecule has 1 fully saturated rings. The summed E-state index contributed by atoms with van der Waals surface area (Å²) in [6.45, 7) is -2.42. The second kappa shape index (κ2) is 6.50. The maximum Gasteiger partial charge on any atom is 0.226 e. The average Bonchev–Trinajstić information content (AvgIpc) is 2.38. The van der Waals surface area contributed by atoms with Gasteiger partial charge < -0.3 is 30.5 Å². The molecule has 0 aromatic rings. The van der Waals surface area contributed by atoms with Crippen molar-refractivity contribution in [1.29, 1.82) is 0 Å². The SMILES string of the molecule is [2H]C(N=[N+]=[N-])C(=O)N[C@H]1C(O)O[C@H](CO)[C@H](O)[C@@H]1O. The van der Waals surface area contributed by atoms with E-state index in [4.69, 9.17) is 16.7 Å². The molecular formula is C8H14N4O6. The number of nitrogens with zero attached hydrogens (tertiary/aromatic N) is 3. The van der Waals surface area contributed by atoms with Gasteiger partial charge in [0.1, 0.15) is 30.9 Å². The molecule has 1 aliphatic rings. The van der Waals surface area contributed by atoms with Crippen molar-refractivity contribution in [3.63, 3.8) is 0 Å². The van der Waals surface area contributed by atoms with E-state index in [1.807, 2.05) is 5.32 Å². The molecule has 0 bridgehead atoms. The Morgan fingerprint density at radius 1 is 1.50 bits per heavy atom. The summed E-state index contributed by atoms with van der Waals surface area (Å²) in [6, 6.07) is -1.41. The molecule has 5 N–H and O–H groups in total. The number of aliphatic hydroxyl groups is 4. The minimum Gasteiger partial charge on any atom is -0.394 e. The van der Waals surface area contributed by atoms with E-state index >= 15 is 0 Å². The molecule has 1 amide bonds. The molecule has 0 saturated carbocycles. The highest BCUT2D eigenvalue weighted by Gasteiger charge is 2.44. The third-order valence-corrected chi connectivity index (χ3v) is 2.44. The number of nitrogens with one attached hydrogen (secondary N) is 1. The lowest BCUT2D eigenvalue weighted by atomic mass is 9.97. The van der Waals surface area contributed by atoms with Crippen LogP contribution in [0.3, 0.4) is 0 Å². The van der Waals surface area contributed by atoms with Gasteiger partial charge in [-0.2, -0.15) is 0 Å². The van der Waals surface area contributed by atoms with Crippen molar-refractivity contribution >= 4 is 5.91 Å². The Kier molecular flexibility index (Phi) is 4.70. The van der Waals surface area contributed by atoms with Gasteiger partial charge in [0.25, 0.3) is 0 Å². The van der Waals surface area contributed by atoms with E-state index < -0.39 is 49.7 Å². The van der Waals surface area contributed by atoms with E-state index in [-0.39, 0.29) is 0 Å².